The van der Waals surface area contributed by atoms with Crippen LogP contribution >= 0.6 is 0 Å². The molecule has 1 amide bonds. The minimum absolute atomic E-state index is 0.339. The van der Waals surface area contributed by atoms with Crippen molar-refractivity contribution in [2.75, 3.05) is 7.11 Å². The number of ether oxygens (including phenoxy) is 2. The molecule has 1 N–H and O–H groups in total. The summed E-state index contributed by atoms with van der Waals surface area (Å²) in [5, 5.41) is 3.23. The first-order valence-corrected chi connectivity index (χ1v) is 10.1. The van der Waals surface area contributed by atoms with E-state index in [2.05, 4.69) is 11.9 Å². The molecule has 5 rings (SSSR count). The topological polar surface area (TPSA) is 50.8 Å². The Labute approximate surface area is 181 Å². The number of methoxy groups -OCH3 is 1. The van der Waals surface area contributed by atoms with Crippen LogP contribution in [0.25, 0.3) is 11.3 Å². The van der Waals surface area contributed by atoms with Crippen molar-refractivity contribution >= 4 is 17.4 Å². The standard InChI is InChI=1S/C26H22N2O3/c1-17-23-12-11-22(30-2)13-24(23)25(14-27-17)18-7-9-21(10-8-18)31-26(29)28-15-19-5-3-4-6-20(19)16-28/h3-14,27H,1,15-16H2,2H3. The summed E-state index contributed by atoms with van der Waals surface area (Å²) in [7, 11) is 1.66. The first-order valence-electron chi connectivity index (χ1n) is 10.1. The Morgan fingerprint density at radius 1 is 0.935 bits per heavy atom. The zero-order chi connectivity index (χ0) is 21.4. The van der Waals surface area contributed by atoms with Gasteiger partial charge in [0.25, 0.3) is 0 Å². The van der Waals surface area contributed by atoms with E-state index in [-0.39, 0.29) is 6.09 Å². The van der Waals surface area contributed by atoms with Gasteiger partial charge >= 0.3 is 6.09 Å². The molecule has 0 fully saturated rings. The number of carbonyl (C=O) groups is 1. The predicted octanol–water partition coefficient (Wildman–Crippen LogP) is 5.17. The predicted molar refractivity (Wildman–Crippen MR) is 120 cm³/mol. The van der Waals surface area contributed by atoms with Crippen LogP contribution in [-0.4, -0.2) is 18.1 Å². The number of benzene rings is 3. The van der Waals surface area contributed by atoms with Gasteiger partial charge in [0, 0.05) is 36.1 Å². The quantitative estimate of drug-likeness (QED) is 0.647. The maximum absolute atomic E-state index is 12.6. The molecule has 5 heteroatoms. The van der Waals surface area contributed by atoms with Crippen molar-refractivity contribution in [1.82, 2.24) is 10.2 Å². The third-order valence-electron chi connectivity index (χ3n) is 5.70. The fourth-order valence-corrected chi connectivity index (χ4v) is 4.02. The van der Waals surface area contributed by atoms with Crippen molar-refractivity contribution in [3.05, 3.63) is 107 Å². The van der Waals surface area contributed by atoms with Crippen LogP contribution in [0.1, 0.15) is 27.8 Å². The van der Waals surface area contributed by atoms with Crippen LogP contribution in [0.2, 0.25) is 0 Å². The summed E-state index contributed by atoms with van der Waals surface area (Å²) in [6.07, 6.45) is 1.60. The van der Waals surface area contributed by atoms with Crippen LogP contribution < -0.4 is 14.8 Å². The van der Waals surface area contributed by atoms with Gasteiger partial charge in [-0.1, -0.05) is 43.0 Å². The van der Waals surface area contributed by atoms with Gasteiger partial charge in [-0.15, -0.1) is 0 Å². The molecule has 2 aliphatic heterocycles. The van der Waals surface area contributed by atoms with Crippen molar-refractivity contribution in [2.24, 2.45) is 0 Å². The van der Waals surface area contributed by atoms with Gasteiger partial charge in [-0.2, -0.15) is 0 Å². The normalized spacial score (nSPS) is 14.3. The summed E-state index contributed by atoms with van der Waals surface area (Å²) in [6.45, 7) is 5.24. The van der Waals surface area contributed by atoms with E-state index >= 15 is 0 Å². The van der Waals surface area contributed by atoms with E-state index in [1.807, 2.05) is 72.9 Å². The average molecular weight is 410 g/mol. The highest BCUT2D eigenvalue weighted by Crippen LogP contribution is 2.35. The molecular formula is C26H22N2O3. The van der Waals surface area contributed by atoms with E-state index < -0.39 is 0 Å². The van der Waals surface area contributed by atoms with Gasteiger partial charge in [0.1, 0.15) is 11.5 Å². The van der Waals surface area contributed by atoms with Gasteiger partial charge in [0.2, 0.25) is 0 Å². The van der Waals surface area contributed by atoms with E-state index in [9.17, 15) is 4.79 Å². The Balaban J connectivity index is 1.33. The Bertz CT molecular complexity index is 1190. The lowest BCUT2D eigenvalue weighted by molar-refractivity contribution is 0.152. The Morgan fingerprint density at radius 3 is 2.29 bits per heavy atom. The number of fused-ring (bicyclic) bond motifs is 2. The lowest BCUT2D eigenvalue weighted by Crippen LogP contribution is -2.28. The van der Waals surface area contributed by atoms with E-state index in [1.54, 1.807) is 12.0 Å². The number of rotatable bonds is 3. The highest BCUT2D eigenvalue weighted by atomic mass is 16.6. The van der Waals surface area contributed by atoms with Crippen LogP contribution in [0.15, 0.2) is 79.5 Å². The molecule has 0 bridgehead atoms. The molecule has 3 aromatic carbocycles. The van der Waals surface area contributed by atoms with Crippen LogP contribution in [0.3, 0.4) is 0 Å². The largest absolute Gasteiger partial charge is 0.497 e. The maximum atomic E-state index is 12.6. The van der Waals surface area contributed by atoms with Crippen molar-refractivity contribution < 1.29 is 14.3 Å². The van der Waals surface area contributed by atoms with Gasteiger partial charge in [0.05, 0.1) is 7.11 Å². The molecule has 0 saturated carbocycles. The summed E-state index contributed by atoms with van der Waals surface area (Å²) in [5.74, 6) is 1.31. The SMILES string of the molecule is C=C1NC=C(c2ccc(OC(=O)N3Cc4ccccc4C3)cc2)c2cc(OC)ccc21. The van der Waals surface area contributed by atoms with Gasteiger partial charge in [-0.3, -0.25) is 4.90 Å². The Kier molecular flexibility index (Phi) is 4.71. The van der Waals surface area contributed by atoms with E-state index in [4.69, 9.17) is 9.47 Å². The van der Waals surface area contributed by atoms with Gasteiger partial charge in [-0.25, -0.2) is 4.79 Å². The fraction of sp³-hybridized carbons (Fsp3) is 0.115. The first kappa shape index (κ1) is 19.0. The van der Waals surface area contributed by atoms with Gasteiger partial charge in [0.15, 0.2) is 0 Å². The number of nitrogens with one attached hydrogen (secondary N) is 1. The van der Waals surface area contributed by atoms with E-state index in [0.29, 0.717) is 18.8 Å². The minimum atomic E-state index is -0.339. The maximum Gasteiger partial charge on any atom is 0.415 e. The zero-order valence-electron chi connectivity index (χ0n) is 17.2. The Morgan fingerprint density at radius 2 is 1.61 bits per heavy atom. The van der Waals surface area contributed by atoms with Crippen molar-refractivity contribution in [1.29, 1.82) is 0 Å². The number of hydrogen-bond acceptors (Lipinski definition) is 4. The number of nitrogens with zero attached hydrogens (tertiary/aromatic N) is 1. The number of hydrogen-bond donors (Lipinski definition) is 1. The summed E-state index contributed by atoms with van der Waals surface area (Å²) < 4.78 is 11.0. The third kappa shape index (κ3) is 3.55. The molecule has 0 atom stereocenters. The summed E-state index contributed by atoms with van der Waals surface area (Å²) >= 11 is 0. The lowest BCUT2D eigenvalue weighted by Gasteiger charge is -2.22. The molecule has 0 aromatic heterocycles. The molecule has 0 unspecified atom stereocenters. The fourth-order valence-electron chi connectivity index (χ4n) is 4.02. The third-order valence-corrected chi connectivity index (χ3v) is 5.70. The second-order valence-corrected chi connectivity index (χ2v) is 7.61. The smallest absolute Gasteiger partial charge is 0.415 e. The molecule has 5 nitrogen and oxygen atoms in total. The molecule has 0 aliphatic carbocycles. The summed E-state index contributed by atoms with van der Waals surface area (Å²) in [6, 6.07) is 21.5. The first-order chi connectivity index (χ1) is 15.1. The highest BCUT2D eigenvalue weighted by molar-refractivity contribution is 5.90. The Hall–Kier alpha value is -3.99. The molecule has 0 spiro atoms. The number of amides is 1. The van der Waals surface area contributed by atoms with Crippen molar-refractivity contribution in [2.45, 2.75) is 13.1 Å². The van der Waals surface area contributed by atoms with Crippen LogP contribution in [0.4, 0.5) is 4.79 Å². The molecule has 2 aliphatic rings. The second kappa shape index (κ2) is 7.69. The molecule has 3 aromatic rings. The van der Waals surface area contributed by atoms with Crippen LogP contribution in [0, 0.1) is 0 Å². The molecule has 31 heavy (non-hydrogen) atoms. The highest BCUT2D eigenvalue weighted by Gasteiger charge is 2.24. The van der Waals surface area contributed by atoms with Crippen molar-refractivity contribution in [3.63, 3.8) is 0 Å². The van der Waals surface area contributed by atoms with Crippen LogP contribution in [-0.2, 0) is 13.1 Å². The lowest BCUT2D eigenvalue weighted by atomic mass is 9.91. The summed E-state index contributed by atoms with van der Waals surface area (Å²) in [5.41, 5.74) is 7.28. The molecule has 154 valence electrons. The van der Waals surface area contributed by atoms with E-state index in [0.717, 1.165) is 33.7 Å². The van der Waals surface area contributed by atoms with Gasteiger partial charge in [-0.05, 0) is 52.6 Å². The molecular weight excluding hydrogens is 388 g/mol. The minimum Gasteiger partial charge on any atom is -0.497 e. The van der Waals surface area contributed by atoms with E-state index in [1.165, 1.54) is 11.1 Å². The molecule has 2 heterocycles. The summed E-state index contributed by atoms with van der Waals surface area (Å²) in [4.78, 5) is 14.3. The van der Waals surface area contributed by atoms with Crippen LogP contribution in [0.5, 0.6) is 11.5 Å². The average Bonchev–Trinajstić information content (AvgIpc) is 3.24. The monoisotopic (exact) mass is 410 g/mol. The molecule has 0 saturated heterocycles. The number of carbonyl (C=O) groups excluding carboxylic acids is 1. The second-order valence-electron chi connectivity index (χ2n) is 7.61. The zero-order valence-corrected chi connectivity index (χ0v) is 17.2. The molecule has 0 radical (unpaired) electrons. The van der Waals surface area contributed by atoms with Crippen molar-refractivity contribution in [3.8, 4) is 11.5 Å². The van der Waals surface area contributed by atoms with Gasteiger partial charge < -0.3 is 14.8 Å².